The SMILES string of the molecule is CC(C)c1ccc(N2C(=O)/C(=C/c3cc(Br)c(Sc4ccc(Cl)cc4)o3)C(=O)NC2=S)cc1. The fourth-order valence-electron chi connectivity index (χ4n) is 3.16. The van der Waals surface area contributed by atoms with Crippen molar-refractivity contribution in [1.82, 2.24) is 5.32 Å². The first kappa shape index (κ1) is 23.8. The fourth-order valence-corrected chi connectivity index (χ4v) is 4.90. The highest BCUT2D eigenvalue weighted by Crippen LogP contribution is 2.37. The minimum atomic E-state index is -0.570. The lowest BCUT2D eigenvalue weighted by molar-refractivity contribution is -0.122. The minimum Gasteiger partial charge on any atom is -0.449 e. The Morgan fingerprint density at radius 2 is 1.79 bits per heavy atom. The maximum absolute atomic E-state index is 13.2. The van der Waals surface area contributed by atoms with Crippen LogP contribution in [0.5, 0.6) is 0 Å². The third-order valence-electron chi connectivity index (χ3n) is 4.90. The Labute approximate surface area is 214 Å². The molecule has 0 spiro atoms. The van der Waals surface area contributed by atoms with Crippen molar-refractivity contribution in [3.05, 3.63) is 81.0 Å². The van der Waals surface area contributed by atoms with Gasteiger partial charge in [0.25, 0.3) is 11.8 Å². The number of benzene rings is 2. The summed E-state index contributed by atoms with van der Waals surface area (Å²) in [6, 6.07) is 16.6. The zero-order valence-corrected chi connectivity index (χ0v) is 21.6. The molecule has 1 fully saturated rings. The molecule has 0 radical (unpaired) electrons. The van der Waals surface area contributed by atoms with E-state index < -0.39 is 11.8 Å². The molecule has 0 bridgehead atoms. The van der Waals surface area contributed by atoms with Crippen LogP contribution in [0.25, 0.3) is 6.08 Å². The summed E-state index contributed by atoms with van der Waals surface area (Å²) in [6.45, 7) is 4.18. The number of carbonyl (C=O) groups excluding carboxylic acids is 2. The smallest absolute Gasteiger partial charge is 0.270 e. The first-order chi connectivity index (χ1) is 15.7. The van der Waals surface area contributed by atoms with E-state index in [1.807, 2.05) is 36.4 Å². The molecular weight excluding hydrogens is 544 g/mol. The summed E-state index contributed by atoms with van der Waals surface area (Å²) in [5, 5.41) is 3.86. The largest absolute Gasteiger partial charge is 0.449 e. The molecule has 0 aliphatic carbocycles. The second-order valence-electron chi connectivity index (χ2n) is 7.54. The topological polar surface area (TPSA) is 62.6 Å². The van der Waals surface area contributed by atoms with Crippen molar-refractivity contribution >= 4 is 80.2 Å². The molecule has 0 atom stereocenters. The molecule has 0 unspecified atom stereocenters. The van der Waals surface area contributed by atoms with Gasteiger partial charge in [0.05, 0.1) is 10.2 Å². The van der Waals surface area contributed by atoms with Gasteiger partial charge in [-0.3, -0.25) is 19.8 Å². The van der Waals surface area contributed by atoms with Gasteiger partial charge in [-0.05, 0) is 88.2 Å². The average molecular weight is 562 g/mol. The summed E-state index contributed by atoms with van der Waals surface area (Å²) in [6.07, 6.45) is 1.42. The number of hydrogen-bond donors (Lipinski definition) is 1. The summed E-state index contributed by atoms with van der Waals surface area (Å²) in [5.74, 6) is -0.365. The van der Waals surface area contributed by atoms with Gasteiger partial charge in [-0.1, -0.05) is 49.3 Å². The Hall–Kier alpha value is -2.39. The van der Waals surface area contributed by atoms with Crippen LogP contribution in [-0.4, -0.2) is 16.9 Å². The van der Waals surface area contributed by atoms with E-state index in [9.17, 15) is 9.59 Å². The van der Waals surface area contributed by atoms with E-state index in [0.29, 0.717) is 32.0 Å². The third-order valence-corrected chi connectivity index (χ3v) is 7.29. The molecule has 9 heteroatoms. The maximum atomic E-state index is 13.2. The average Bonchev–Trinajstić information content (AvgIpc) is 3.11. The summed E-state index contributed by atoms with van der Waals surface area (Å²) < 4.78 is 6.58. The molecule has 1 aliphatic rings. The van der Waals surface area contributed by atoms with Gasteiger partial charge in [0.1, 0.15) is 11.3 Å². The molecule has 1 aromatic heterocycles. The fraction of sp³-hybridized carbons (Fsp3) is 0.125. The standard InChI is InChI=1S/C24H18BrClN2O3S2/c1-13(2)14-3-7-16(8-4-14)28-22(30)19(21(29)27-24(28)32)11-17-12-20(25)23(31-17)33-18-9-5-15(26)6-10-18/h3-13H,1-2H3,(H,27,29,32)/b19-11+. The van der Waals surface area contributed by atoms with Gasteiger partial charge < -0.3 is 4.42 Å². The van der Waals surface area contributed by atoms with Crippen molar-refractivity contribution in [2.45, 2.75) is 29.8 Å². The zero-order valence-electron chi connectivity index (χ0n) is 17.6. The van der Waals surface area contributed by atoms with Crippen molar-refractivity contribution < 1.29 is 14.0 Å². The van der Waals surface area contributed by atoms with Crippen molar-refractivity contribution in [3.63, 3.8) is 0 Å². The minimum absolute atomic E-state index is 0.0408. The molecule has 1 N–H and O–H groups in total. The molecule has 1 saturated heterocycles. The van der Waals surface area contributed by atoms with Crippen LogP contribution in [0.1, 0.15) is 31.1 Å². The Bertz CT molecular complexity index is 1270. The molecule has 2 aromatic carbocycles. The summed E-state index contributed by atoms with van der Waals surface area (Å²) in [5.41, 5.74) is 1.65. The Kier molecular flexibility index (Phi) is 7.09. The van der Waals surface area contributed by atoms with Crippen LogP contribution in [0.15, 0.2) is 79.0 Å². The molecule has 1 aliphatic heterocycles. The molecule has 0 saturated carbocycles. The number of nitrogens with zero attached hydrogens (tertiary/aromatic N) is 1. The number of hydrogen-bond acceptors (Lipinski definition) is 5. The highest BCUT2D eigenvalue weighted by atomic mass is 79.9. The second kappa shape index (κ2) is 9.85. The number of anilines is 1. The van der Waals surface area contributed by atoms with Crippen LogP contribution in [0, 0.1) is 0 Å². The van der Waals surface area contributed by atoms with E-state index in [1.54, 1.807) is 18.2 Å². The number of amides is 2. The van der Waals surface area contributed by atoms with Crippen LogP contribution in [0.4, 0.5) is 5.69 Å². The molecule has 2 amide bonds. The summed E-state index contributed by atoms with van der Waals surface area (Å²) in [7, 11) is 0. The van der Waals surface area contributed by atoms with Gasteiger partial charge in [-0.15, -0.1) is 0 Å². The molecule has 2 heterocycles. The lowest BCUT2D eigenvalue weighted by Crippen LogP contribution is -2.54. The Balaban J connectivity index is 1.61. The molecular formula is C24H18BrClN2O3S2. The highest BCUT2D eigenvalue weighted by molar-refractivity contribution is 9.10. The van der Waals surface area contributed by atoms with Gasteiger partial charge >= 0.3 is 0 Å². The van der Waals surface area contributed by atoms with E-state index in [2.05, 4.69) is 35.1 Å². The molecule has 3 aromatic rings. The lowest BCUT2D eigenvalue weighted by Gasteiger charge is -2.29. The number of carbonyl (C=O) groups is 2. The third kappa shape index (κ3) is 5.24. The first-order valence-corrected chi connectivity index (χ1v) is 12.4. The monoisotopic (exact) mass is 560 g/mol. The lowest BCUT2D eigenvalue weighted by atomic mass is 10.0. The normalized spacial score (nSPS) is 15.5. The van der Waals surface area contributed by atoms with Gasteiger partial charge in [0.2, 0.25) is 0 Å². The number of nitrogens with one attached hydrogen (secondary N) is 1. The second-order valence-corrected chi connectivity index (χ2v) is 10.3. The van der Waals surface area contributed by atoms with Crippen molar-refractivity contribution in [2.24, 2.45) is 0 Å². The van der Waals surface area contributed by atoms with Crippen LogP contribution >= 0.6 is 51.5 Å². The Morgan fingerprint density at radius 3 is 2.42 bits per heavy atom. The van der Waals surface area contributed by atoms with Gasteiger partial charge in [-0.2, -0.15) is 0 Å². The number of halogens is 2. The predicted molar refractivity (Wildman–Crippen MR) is 139 cm³/mol. The van der Waals surface area contributed by atoms with Crippen molar-refractivity contribution in [2.75, 3.05) is 4.90 Å². The molecule has 4 rings (SSSR count). The quantitative estimate of drug-likeness (QED) is 0.211. The van der Waals surface area contributed by atoms with Crippen molar-refractivity contribution in [1.29, 1.82) is 0 Å². The van der Waals surface area contributed by atoms with Crippen LogP contribution in [-0.2, 0) is 9.59 Å². The molecule has 5 nitrogen and oxygen atoms in total. The number of rotatable bonds is 5. The van der Waals surface area contributed by atoms with Crippen molar-refractivity contribution in [3.8, 4) is 0 Å². The van der Waals surface area contributed by atoms with E-state index in [1.165, 1.54) is 22.7 Å². The number of furan rings is 1. The summed E-state index contributed by atoms with van der Waals surface area (Å²) in [4.78, 5) is 28.0. The van der Waals surface area contributed by atoms with E-state index in [-0.39, 0.29) is 10.7 Å². The van der Waals surface area contributed by atoms with Gasteiger partial charge in [0.15, 0.2) is 10.2 Å². The zero-order chi connectivity index (χ0) is 23.7. The predicted octanol–water partition coefficient (Wildman–Crippen LogP) is 6.80. The van der Waals surface area contributed by atoms with Crippen LogP contribution < -0.4 is 10.2 Å². The first-order valence-electron chi connectivity index (χ1n) is 9.97. The van der Waals surface area contributed by atoms with Crippen LogP contribution in [0.3, 0.4) is 0 Å². The van der Waals surface area contributed by atoms with E-state index in [4.69, 9.17) is 28.2 Å². The van der Waals surface area contributed by atoms with E-state index >= 15 is 0 Å². The summed E-state index contributed by atoms with van der Waals surface area (Å²) >= 11 is 16.1. The number of thiocarbonyl (C=S) groups is 1. The molecule has 168 valence electrons. The van der Waals surface area contributed by atoms with E-state index in [0.717, 1.165) is 10.5 Å². The maximum Gasteiger partial charge on any atom is 0.270 e. The van der Waals surface area contributed by atoms with Gasteiger partial charge in [0, 0.05) is 9.92 Å². The molecule has 33 heavy (non-hydrogen) atoms. The highest BCUT2D eigenvalue weighted by Gasteiger charge is 2.34. The van der Waals surface area contributed by atoms with Crippen LogP contribution in [0.2, 0.25) is 5.02 Å². The van der Waals surface area contributed by atoms with Gasteiger partial charge in [-0.25, -0.2) is 0 Å². The Morgan fingerprint density at radius 1 is 1.12 bits per heavy atom.